The normalized spacial score (nSPS) is 11.1. The van der Waals surface area contributed by atoms with E-state index in [4.69, 9.17) is 53.8 Å². The number of carbonyl (C=O) groups is 3. The zero-order chi connectivity index (χ0) is 72.3. The van der Waals surface area contributed by atoms with Crippen LogP contribution in [0.1, 0.15) is 37.4 Å². The summed E-state index contributed by atoms with van der Waals surface area (Å²) in [6.45, 7) is 1.25. The zero-order valence-electron chi connectivity index (χ0n) is 54.6. The quantitative estimate of drug-likeness (QED) is 0.0373. The first-order valence-corrected chi connectivity index (χ1v) is 32.5. The van der Waals surface area contributed by atoms with E-state index in [0.29, 0.717) is 52.3 Å². The van der Waals surface area contributed by atoms with Crippen LogP contribution in [0.25, 0.3) is 66.9 Å². The van der Waals surface area contributed by atoms with Gasteiger partial charge in [-0.05, 0) is 186 Å². The van der Waals surface area contributed by atoms with Gasteiger partial charge in [-0.15, -0.1) is 0 Å². The highest BCUT2D eigenvalue weighted by Gasteiger charge is 2.34. The number of H-pyrrole nitrogens is 3. The molecular weight excluding hydrogens is 1390 g/mol. The maximum atomic E-state index is 13.8. The Bertz CT molecular complexity index is 5330. The van der Waals surface area contributed by atoms with Crippen molar-refractivity contribution in [2.75, 3.05) is 42.2 Å². The molecule has 25 heteroatoms. The summed E-state index contributed by atoms with van der Waals surface area (Å²) in [5.74, 6) is 0.102. The fourth-order valence-corrected chi connectivity index (χ4v) is 11.5. The lowest BCUT2D eigenvalue weighted by molar-refractivity contribution is -0.137. The van der Waals surface area contributed by atoms with Gasteiger partial charge in [0.1, 0.15) is 58.2 Å². The number of urea groups is 1. The molecule has 0 aliphatic heterocycles. The smallest absolute Gasteiger partial charge is 0.417 e. The first-order valence-electron chi connectivity index (χ1n) is 31.4. The summed E-state index contributed by atoms with van der Waals surface area (Å²) < 4.78 is 88.4. The monoisotopic (exact) mass is 1450 g/mol. The van der Waals surface area contributed by atoms with Gasteiger partial charge >= 0.3 is 12.2 Å². The number of nitrogens with zero attached hydrogens (tertiary/aromatic N) is 4. The van der Waals surface area contributed by atoms with Crippen LogP contribution < -0.4 is 39.8 Å². The lowest BCUT2D eigenvalue weighted by Gasteiger charge is -2.22. The molecule has 0 saturated heterocycles. The Morgan fingerprint density at radius 2 is 0.971 bits per heavy atom. The van der Waals surface area contributed by atoms with E-state index >= 15 is 0 Å². The molecule has 0 aliphatic carbocycles. The molecule has 0 fully saturated rings. The molecular formula is C78H58Cl3F5N10O7. The third kappa shape index (κ3) is 16.8. The second-order valence-electron chi connectivity index (χ2n) is 22.8. The molecule has 14 rings (SSSR count). The number of rotatable bonds is 17. The van der Waals surface area contributed by atoms with Crippen molar-refractivity contribution in [1.29, 1.82) is 0 Å². The van der Waals surface area contributed by atoms with E-state index < -0.39 is 46.2 Å². The number of anilines is 4. The highest BCUT2D eigenvalue weighted by molar-refractivity contribution is 6.34. The molecule has 4 amide bonds. The molecule has 14 aromatic rings. The molecule has 518 valence electrons. The number of hydrogen-bond donors (Lipinski definition) is 6. The van der Waals surface area contributed by atoms with E-state index in [1.807, 2.05) is 97.2 Å². The van der Waals surface area contributed by atoms with Gasteiger partial charge < -0.3 is 49.8 Å². The Balaban J connectivity index is 0.000000146. The molecule has 0 bridgehead atoms. The molecule has 0 saturated carbocycles. The van der Waals surface area contributed by atoms with Crippen molar-refractivity contribution in [3.8, 4) is 56.8 Å². The van der Waals surface area contributed by atoms with Crippen LogP contribution in [0.4, 0.5) is 49.5 Å². The van der Waals surface area contributed by atoms with Crippen molar-refractivity contribution in [2.24, 2.45) is 0 Å². The highest BCUT2D eigenvalue weighted by atomic mass is 35.5. The number of alkyl halides is 3. The van der Waals surface area contributed by atoms with Gasteiger partial charge in [-0.25, -0.2) is 33.4 Å². The largest absolute Gasteiger partial charge is 0.497 e. The molecule has 0 unspecified atom stereocenters. The van der Waals surface area contributed by atoms with Gasteiger partial charge in [0.05, 0.1) is 53.3 Å². The number of hydrogen-bond acceptors (Lipinski definition) is 11. The van der Waals surface area contributed by atoms with Crippen LogP contribution in [0.2, 0.25) is 15.1 Å². The standard InChI is InChI=1S/C28H17Cl2F2N3O3.C28H25N3O2.C22H16ClF3N4O2/c1-38-18-6-2-15(3-7-18)24-14-19-25(10-11-33-26(19)34-24)35(27(36)16-4-8-22(31)20(29)12-16)28(37)17-5-9-23(32)21(30)13-17;1-32-23-12-10-20(11-13-23)18-30-26-14-15-29-28-25(26)17-27(31-28)22-8-5-9-24(16-22)33-19-21-6-3-2-4-7-21;1-32-14-5-2-12(3-6-14)19-11-15-18(8-9-27-20(15)29-19)30-21(31)28-13-4-7-17(23)16(10-13)22(24,25)26/h2-14H,1H3,(H,33,34);2-17H,18-19H2,1H3,(H2,29,30,31);2-11H,1H3,(H3,27,28,29,30,31). The summed E-state index contributed by atoms with van der Waals surface area (Å²) in [5.41, 5.74) is 9.87. The Morgan fingerprint density at radius 3 is 1.51 bits per heavy atom. The lowest BCUT2D eigenvalue weighted by atomic mass is 10.1. The van der Waals surface area contributed by atoms with E-state index in [0.717, 1.165) is 109 Å². The molecule has 8 aromatic carbocycles. The van der Waals surface area contributed by atoms with E-state index in [-0.39, 0.29) is 32.5 Å². The van der Waals surface area contributed by atoms with Gasteiger partial charge in [0, 0.05) is 86.4 Å². The number of aromatic amines is 3. The van der Waals surface area contributed by atoms with Crippen molar-refractivity contribution >= 4 is 108 Å². The molecule has 6 aromatic heterocycles. The summed E-state index contributed by atoms with van der Waals surface area (Å²) in [5, 5.41) is 9.71. The van der Waals surface area contributed by atoms with Crippen molar-refractivity contribution in [3.63, 3.8) is 0 Å². The lowest BCUT2D eigenvalue weighted by Crippen LogP contribution is -2.37. The maximum Gasteiger partial charge on any atom is 0.417 e. The number of halogens is 8. The first-order chi connectivity index (χ1) is 49.8. The number of imide groups is 1. The van der Waals surface area contributed by atoms with Gasteiger partial charge in [-0.2, -0.15) is 13.2 Å². The fraction of sp³-hybridized carbons (Fsp3) is 0.0769. The second kappa shape index (κ2) is 31.5. The van der Waals surface area contributed by atoms with Gasteiger partial charge in [0.25, 0.3) is 11.8 Å². The number of methoxy groups -OCH3 is 3. The number of nitrogens with one attached hydrogen (secondary N) is 6. The number of benzene rings is 8. The van der Waals surface area contributed by atoms with Crippen LogP contribution in [-0.2, 0) is 19.3 Å². The third-order valence-corrected chi connectivity index (χ3v) is 17.1. The van der Waals surface area contributed by atoms with Crippen molar-refractivity contribution in [3.05, 3.63) is 291 Å². The molecule has 6 N–H and O–H groups in total. The number of carbonyl (C=O) groups excluding carboxylic acids is 3. The van der Waals surface area contributed by atoms with Crippen LogP contribution in [0, 0.1) is 11.6 Å². The van der Waals surface area contributed by atoms with Crippen molar-refractivity contribution in [1.82, 2.24) is 29.9 Å². The Hall–Kier alpha value is -12.2. The van der Waals surface area contributed by atoms with Crippen LogP contribution in [0.3, 0.4) is 0 Å². The van der Waals surface area contributed by atoms with Gasteiger partial charge in [-0.3, -0.25) is 9.59 Å². The summed E-state index contributed by atoms with van der Waals surface area (Å²) in [7, 11) is 4.83. The van der Waals surface area contributed by atoms with Crippen molar-refractivity contribution < 1.29 is 55.3 Å². The Kier molecular flexibility index (Phi) is 21.6. The summed E-state index contributed by atoms with van der Waals surface area (Å²) in [6, 6.07) is 61.1. The summed E-state index contributed by atoms with van der Waals surface area (Å²) in [6.07, 6.45) is 0.134. The van der Waals surface area contributed by atoms with E-state index in [1.54, 1.807) is 45.6 Å². The van der Waals surface area contributed by atoms with Gasteiger partial charge in [0.15, 0.2) is 0 Å². The number of ether oxygens (including phenoxy) is 4. The van der Waals surface area contributed by atoms with Crippen LogP contribution in [0.5, 0.6) is 23.0 Å². The highest BCUT2D eigenvalue weighted by Crippen LogP contribution is 2.38. The Labute approximate surface area is 600 Å². The molecule has 0 spiro atoms. The number of pyridine rings is 3. The predicted molar refractivity (Wildman–Crippen MR) is 392 cm³/mol. The minimum absolute atomic E-state index is 0.0335. The van der Waals surface area contributed by atoms with Gasteiger partial charge in [-0.1, -0.05) is 89.4 Å². The van der Waals surface area contributed by atoms with E-state index in [9.17, 15) is 36.3 Å². The molecule has 0 atom stereocenters. The molecule has 0 radical (unpaired) electrons. The molecule has 103 heavy (non-hydrogen) atoms. The fourth-order valence-electron chi connectivity index (χ4n) is 10.9. The average Bonchev–Trinajstić information content (AvgIpc) is 1.72. The zero-order valence-corrected chi connectivity index (χ0v) is 56.9. The number of amides is 4. The summed E-state index contributed by atoms with van der Waals surface area (Å²) in [4.78, 5) is 63.8. The number of fused-ring (bicyclic) bond motifs is 3. The Morgan fingerprint density at radius 1 is 0.466 bits per heavy atom. The van der Waals surface area contributed by atoms with Crippen LogP contribution >= 0.6 is 34.8 Å². The molecule has 0 aliphatic rings. The maximum absolute atomic E-state index is 13.8. The van der Waals surface area contributed by atoms with Crippen LogP contribution in [0.15, 0.2) is 237 Å². The average molecular weight is 1450 g/mol. The summed E-state index contributed by atoms with van der Waals surface area (Å²) >= 11 is 17.5. The van der Waals surface area contributed by atoms with Crippen molar-refractivity contribution in [2.45, 2.75) is 19.3 Å². The van der Waals surface area contributed by atoms with E-state index in [2.05, 4.69) is 88.3 Å². The topological polar surface area (TPSA) is 214 Å². The SMILES string of the molecule is COc1ccc(-c2cc3c(N(C(=O)c4ccc(F)c(Cl)c4)C(=O)c4ccc(F)c(Cl)c4)ccnc3[nH]2)cc1.COc1ccc(-c2cc3c(NC(=O)Nc4ccc(Cl)c(C(F)(F)F)c4)ccnc3[nH]2)cc1.COc1ccc(CNc2ccnc3[nH]c(-c4cccc(OCc5ccccc5)c4)cc23)cc1. The minimum atomic E-state index is -4.63. The molecule has 6 heterocycles. The minimum Gasteiger partial charge on any atom is -0.497 e. The predicted octanol–water partition coefficient (Wildman–Crippen LogP) is 20.3. The van der Waals surface area contributed by atoms with Crippen LogP contribution in [-0.4, -0.2) is 69.1 Å². The first kappa shape index (κ1) is 70.6. The third-order valence-electron chi connectivity index (χ3n) is 16.2. The molecule has 17 nitrogen and oxygen atoms in total. The number of aromatic nitrogens is 6. The van der Waals surface area contributed by atoms with Gasteiger partial charge in [0.2, 0.25) is 0 Å². The van der Waals surface area contributed by atoms with E-state index in [1.165, 1.54) is 42.2 Å². The second-order valence-corrected chi connectivity index (χ2v) is 24.0.